The average molecular weight is 1160 g/mol. The number of likely N-dealkylation sites (N-methyl/N-ethyl adjacent to an activating group) is 1. The Hall–Kier alpha value is -1.28. The molecule has 0 saturated carbocycles. The third-order valence-corrected chi connectivity index (χ3v) is 17.6. The zero-order valence-electron chi connectivity index (χ0n) is 55.1. The van der Waals surface area contributed by atoms with Gasteiger partial charge in [0.2, 0.25) is 5.91 Å². The van der Waals surface area contributed by atoms with Crippen LogP contribution in [0.5, 0.6) is 0 Å². The zero-order valence-corrected chi connectivity index (χ0v) is 55.9. The second-order valence-electron chi connectivity index (χ2n) is 26.0. The van der Waals surface area contributed by atoms with Gasteiger partial charge in [0.1, 0.15) is 13.2 Å². The highest BCUT2D eigenvalue weighted by molar-refractivity contribution is 7.47. The van der Waals surface area contributed by atoms with Crippen LogP contribution in [0.3, 0.4) is 0 Å². The number of allylic oxidation sites excluding steroid dienone is 5. The number of nitrogens with zero attached hydrogens (tertiary/aromatic N) is 1. The molecule has 0 aromatic heterocycles. The van der Waals surface area contributed by atoms with Crippen LogP contribution in [-0.4, -0.2) is 73.4 Å². The molecule has 0 fully saturated rings. The third-order valence-electron chi connectivity index (χ3n) is 16.6. The maximum absolute atomic E-state index is 13.0. The molecule has 0 bridgehead atoms. The van der Waals surface area contributed by atoms with Gasteiger partial charge in [-0.15, -0.1) is 0 Å². The molecule has 3 unspecified atom stereocenters. The first kappa shape index (κ1) is 79.7. The number of carbonyl (C=O) groups is 1. The van der Waals surface area contributed by atoms with E-state index in [0.717, 1.165) is 44.9 Å². The zero-order chi connectivity index (χ0) is 59.1. The minimum Gasteiger partial charge on any atom is -0.387 e. The molecule has 9 heteroatoms. The summed E-state index contributed by atoms with van der Waals surface area (Å²) in [6.45, 7) is 4.85. The number of unbranched alkanes of at least 4 members (excludes halogenated alkanes) is 50. The smallest absolute Gasteiger partial charge is 0.387 e. The van der Waals surface area contributed by atoms with Crippen molar-refractivity contribution in [2.75, 3.05) is 40.9 Å². The van der Waals surface area contributed by atoms with Gasteiger partial charge in [-0.2, -0.15) is 0 Å². The van der Waals surface area contributed by atoms with Crippen molar-refractivity contribution in [1.82, 2.24) is 5.32 Å². The molecule has 0 spiro atoms. The minimum atomic E-state index is -4.36. The van der Waals surface area contributed by atoms with Crippen LogP contribution in [-0.2, 0) is 18.4 Å². The molecule has 480 valence electrons. The van der Waals surface area contributed by atoms with Gasteiger partial charge in [0.05, 0.1) is 39.9 Å². The molecular weight excluding hydrogens is 1020 g/mol. The van der Waals surface area contributed by atoms with E-state index in [0.29, 0.717) is 17.4 Å². The summed E-state index contributed by atoms with van der Waals surface area (Å²) >= 11 is 0. The molecule has 0 aliphatic heterocycles. The summed E-state index contributed by atoms with van der Waals surface area (Å²) < 4.78 is 23.8. The fraction of sp³-hybridized carbons (Fsp3) is 0.903. The fourth-order valence-corrected chi connectivity index (χ4v) is 11.8. The van der Waals surface area contributed by atoms with Gasteiger partial charge in [0, 0.05) is 6.42 Å². The van der Waals surface area contributed by atoms with Crippen LogP contribution in [0.25, 0.3) is 0 Å². The predicted molar refractivity (Wildman–Crippen MR) is 355 cm³/mol. The molecule has 0 heterocycles. The number of aliphatic hydroxyl groups excluding tert-OH is 1. The minimum absolute atomic E-state index is 0.0554. The van der Waals surface area contributed by atoms with Crippen molar-refractivity contribution < 1.29 is 32.9 Å². The van der Waals surface area contributed by atoms with Crippen molar-refractivity contribution in [2.45, 2.75) is 379 Å². The van der Waals surface area contributed by atoms with Crippen molar-refractivity contribution in [1.29, 1.82) is 0 Å². The van der Waals surface area contributed by atoms with Crippen molar-refractivity contribution in [2.24, 2.45) is 0 Å². The quantitative estimate of drug-likeness (QED) is 0.0243. The number of carbonyl (C=O) groups excluding carboxylic acids is 1. The Balaban J connectivity index is 4.04. The first-order chi connectivity index (χ1) is 39.5. The lowest BCUT2D eigenvalue weighted by molar-refractivity contribution is -0.870. The van der Waals surface area contributed by atoms with Gasteiger partial charge in [-0.1, -0.05) is 352 Å². The highest BCUT2D eigenvalue weighted by Gasteiger charge is 2.28. The first-order valence-electron chi connectivity index (χ1n) is 35.9. The Morgan fingerprint density at radius 3 is 0.988 bits per heavy atom. The van der Waals surface area contributed by atoms with Gasteiger partial charge < -0.3 is 19.8 Å². The van der Waals surface area contributed by atoms with E-state index in [1.807, 2.05) is 27.2 Å². The lowest BCUT2D eigenvalue weighted by atomic mass is 10.0. The van der Waals surface area contributed by atoms with Gasteiger partial charge in [0.15, 0.2) is 0 Å². The number of amides is 1. The van der Waals surface area contributed by atoms with Crippen LogP contribution < -0.4 is 5.32 Å². The van der Waals surface area contributed by atoms with Crippen molar-refractivity contribution in [3.63, 3.8) is 0 Å². The van der Waals surface area contributed by atoms with Crippen LogP contribution in [0, 0.1) is 0 Å². The second-order valence-corrected chi connectivity index (χ2v) is 27.4. The summed E-state index contributed by atoms with van der Waals surface area (Å²) in [7, 11) is 1.56. The van der Waals surface area contributed by atoms with Gasteiger partial charge in [0.25, 0.3) is 0 Å². The van der Waals surface area contributed by atoms with Crippen LogP contribution in [0.4, 0.5) is 0 Å². The molecule has 0 aromatic rings. The molecule has 0 aromatic carbocycles. The summed E-state index contributed by atoms with van der Waals surface area (Å²) in [5, 5.41) is 14.0. The molecule has 0 aliphatic carbocycles. The third kappa shape index (κ3) is 66.1. The van der Waals surface area contributed by atoms with E-state index < -0.39 is 20.0 Å². The van der Waals surface area contributed by atoms with Gasteiger partial charge in [-0.25, -0.2) is 4.57 Å². The Morgan fingerprint density at radius 2 is 0.679 bits per heavy atom. The summed E-state index contributed by atoms with van der Waals surface area (Å²) in [6, 6.07) is -0.869. The molecule has 81 heavy (non-hydrogen) atoms. The fourth-order valence-electron chi connectivity index (χ4n) is 11.0. The molecule has 0 saturated heterocycles. The largest absolute Gasteiger partial charge is 0.472 e. The van der Waals surface area contributed by atoms with Crippen LogP contribution in [0.1, 0.15) is 367 Å². The molecule has 3 atom stereocenters. The van der Waals surface area contributed by atoms with E-state index in [1.165, 1.54) is 302 Å². The SMILES string of the molecule is CCCCCCCCCCCCCCCCC/C=C/CC/C=C/CC/C=C/C(O)C(COP(=O)(O)OCC[N+](C)(C)C)NC(=O)CCCCCCCCCCCCCCCCCCCCCCCCCCCCCCCCCCCC. The molecule has 0 aliphatic rings. The number of hydrogen-bond acceptors (Lipinski definition) is 5. The highest BCUT2D eigenvalue weighted by atomic mass is 31.2. The number of hydrogen-bond donors (Lipinski definition) is 3. The normalized spacial score (nSPS) is 13.8. The Morgan fingerprint density at radius 1 is 0.407 bits per heavy atom. The molecule has 8 nitrogen and oxygen atoms in total. The monoisotopic (exact) mass is 1160 g/mol. The molecule has 3 N–H and O–H groups in total. The van der Waals surface area contributed by atoms with E-state index >= 15 is 0 Å². The van der Waals surface area contributed by atoms with Gasteiger partial charge >= 0.3 is 7.82 Å². The standard InChI is InChI=1S/C72H141N2O6P/c1-6-8-10-12-14-16-18-20-22-24-26-28-30-32-33-34-35-36-37-38-39-40-42-44-46-48-50-52-54-56-58-60-62-64-66-72(76)73-70(69-80-81(77,78)79-68-67-74(3,4)5)71(75)65-63-61-59-57-55-53-51-49-47-45-43-41-31-29-27-25-23-21-19-17-15-13-11-9-7-2/h47,49,55,57,63,65,70-71,75H,6-46,48,50-54,56,58-62,64,66-69H2,1-5H3,(H-,73,76,77,78)/p+1/b49-47+,57-55+,65-63+. The van der Waals surface area contributed by atoms with Gasteiger partial charge in [-0.3, -0.25) is 13.8 Å². The van der Waals surface area contributed by atoms with Crippen molar-refractivity contribution >= 4 is 13.7 Å². The van der Waals surface area contributed by atoms with Crippen molar-refractivity contribution in [3.8, 4) is 0 Å². The summed E-state index contributed by atoms with van der Waals surface area (Å²) in [4.78, 5) is 23.4. The van der Waals surface area contributed by atoms with E-state index in [2.05, 4.69) is 43.5 Å². The van der Waals surface area contributed by atoms with Crippen LogP contribution in [0.2, 0.25) is 0 Å². The topological polar surface area (TPSA) is 105 Å². The maximum atomic E-state index is 13.0. The Bertz CT molecular complexity index is 1410. The number of quaternary nitrogens is 1. The summed E-state index contributed by atoms with van der Waals surface area (Å²) in [6.07, 6.45) is 84.6. The lowest BCUT2D eigenvalue weighted by Gasteiger charge is -2.25. The van der Waals surface area contributed by atoms with E-state index in [4.69, 9.17) is 9.05 Å². The second kappa shape index (κ2) is 63.2. The van der Waals surface area contributed by atoms with E-state index in [9.17, 15) is 19.4 Å². The Labute approximate surface area is 506 Å². The lowest BCUT2D eigenvalue weighted by Crippen LogP contribution is -2.45. The average Bonchev–Trinajstić information content (AvgIpc) is 3.43. The van der Waals surface area contributed by atoms with Crippen molar-refractivity contribution in [3.05, 3.63) is 36.5 Å². The number of phosphoric acid groups is 1. The number of phosphoric ester groups is 1. The van der Waals surface area contributed by atoms with E-state index in [-0.39, 0.29) is 19.1 Å². The molecule has 0 radical (unpaired) electrons. The molecule has 1 amide bonds. The predicted octanol–water partition coefficient (Wildman–Crippen LogP) is 22.8. The van der Waals surface area contributed by atoms with Gasteiger partial charge in [-0.05, 0) is 44.9 Å². The number of aliphatic hydroxyl groups is 1. The van der Waals surface area contributed by atoms with E-state index in [1.54, 1.807) is 6.08 Å². The number of nitrogens with one attached hydrogen (secondary N) is 1. The Kier molecular flexibility index (Phi) is 62.2. The summed E-state index contributed by atoms with van der Waals surface area (Å²) in [5.74, 6) is -0.183. The highest BCUT2D eigenvalue weighted by Crippen LogP contribution is 2.43. The number of rotatable bonds is 67. The van der Waals surface area contributed by atoms with Crippen LogP contribution >= 0.6 is 7.82 Å². The maximum Gasteiger partial charge on any atom is 0.472 e. The first-order valence-corrected chi connectivity index (χ1v) is 37.4. The summed E-state index contributed by atoms with van der Waals surface area (Å²) in [5.41, 5.74) is 0. The van der Waals surface area contributed by atoms with Crippen LogP contribution in [0.15, 0.2) is 36.5 Å². The molecular formula is C72H142N2O6P+. The molecule has 0 rings (SSSR count).